The summed E-state index contributed by atoms with van der Waals surface area (Å²) in [5, 5.41) is 17.0. The number of thioether (sulfide) groups is 1. The SMILES string of the molecule is CCCCC(=O)Nc1ccc(NC(=O)CSc2nnc(-c3cccs3)n2CC)cc1. The summed E-state index contributed by atoms with van der Waals surface area (Å²) in [6.07, 6.45) is 2.38. The van der Waals surface area contributed by atoms with Gasteiger partial charge >= 0.3 is 0 Å². The number of aromatic nitrogens is 3. The molecule has 0 aliphatic heterocycles. The first-order chi connectivity index (χ1) is 14.6. The maximum Gasteiger partial charge on any atom is 0.234 e. The van der Waals surface area contributed by atoms with Crippen molar-refractivity contribution in [2.75, 3.05) is 16.4 Å². The number of nitrogens with one attached hydrogen (secondary N) is 2. The zero-order valence-electron chi connectivity index (χ0n) is 17.1. The highest BCUT2D eigenvalue weighted by Crippen LogP contribution is 2.27. The van der Waals surface area contributed by atoms with Gasteiger partial charge in [-0.25, -0.2) is 0 Å². The van der Waals surface area contributed by atoms with Gasteiger partial charge in [-0.1, -0.05) is 31.2 Å². The minimum absolute atomic E-state index is 0.00647. The van der Waals surface area contributed by atoms with Crippen molar-refractivity contribution in [3.05, 3.63) is 41.8 Å². The number of carbonyl (C=O) groups is 2. The van der Waals surface area contributed by atoms with E-state index < -0.39 is 0 Å². The maximum absolute atomic E-state index is 12.3. The second-order valence-electron chi connectivity index (χ2n) is 6.59. The zero-order chi connectivity index (χ0) is 21.3. The van der Waals surface area contributed by atoms with Crippen LogP contribution in [0.3, 0.4) is 0 Å². The van der Waals surface area contributed by atoms with Crippen LogP contribution < -0.4 is 10.6 Å². The fraction of sp³-hybridized carbons (Fsp3) is 0.333. The van der Waals surface area contributed by atoms with E-state index in [4.69, 9.17) is 0 Å². The van der Waals surface area contributed by atoms with Crippen LogP contribution in [0.4, 0.5) is 11.4 Å². The molecule has 2 heterocycles. The topological polar surface area (TPSA) is 88.9 Å². The summed E-state index contributed by atoms with van der Waals surface area (Å²) in [5.41, 5.74) is 1.41. The average Bonchev–Trinajstić information content (AvgIpc) is 3.41. The number of thiophene rings is 1. The van der Waals surface area contributed by atoms with Crippen LogP contribution in [0.2, 0.25) is 0 Å². The van der Waals surface area contributed by atoms with Gasteiger partial charge in [0.25, 0.3) is 0 Å². The molecule has 1 aromatic carbocycles. The molecule has 0 unspecified atom stereocenters. The van der Waals surface area contributed by atoms with Crippen LogP contribution in [0, 0.1) is 0 Å². The Morgan fingerprint density at radius 1 is 1.03 bits per heavy atom. The van der Waals surface area contributed by atoms with E-state index in [9.17, 15) is 9.59 Å². The molecule has 158 valence electrons. The van der Waals surface area contributed by atoms with E-state index in [1.165, 1.54) is 11.8 Å². The number of hydrogen-bond acceptors (Lipinski definition) is 6. The van der Waals surface area contributed by atoms with Crippen LogP contribution in [0.1, 0.15) is 33.1 Å². The number of unbranched alkanes of at least 4 members (excludes halogenated alkanes) is 1. The largest absolute Gasteiger partial charge is 0.326 e. The summed E-state index contributed by atoms with van der Waals surface area (Å²) >= 11 is 2.98. The summed E-state index contributed by atoms with van der Waals surface area (Å²) in [6.45, 7) is 4.82. The number of carbonyl (C=O) groups excluding carboxylic acids is 2. The van der Waals surface area contributed by atoms with Crippen molar-refractivity contribution < 1.29 is 9.59 Å². The lowest BCUT2D eigenvalue weighted by Crippen LogP contribution is -2.15. The van der Waals surface area contributed by atoms with Gasteiger partial charge in [-0.2, -0.15) is 0 Å². The molecular formula is C21H25N5O2S2. The van der Waals surface area contributed by atoms with Gasteiger partial charge in [0, 0.05) is 24.3 Å². The third kappa shape index (κ3) is 5.93. The van der Waals surface area contributed by atoms with Crippen molar-refractivity contribution >= 4 is 46.3 Å². The van der Waals surface area contributed by atoms with Crippen molar-refractivity contribution in [3.8, 4) is 10.7 Å². The van der Waals surface area contributed by atoms with Crippen LogP contribution in [0.5, 0.6) is 0 Å². The third-order valence-corrected chi connectivity index (χ3v) is 6.15. The zero-order valence-corrected chi connectivity index (χ0v) is 18.7. The van der Waals surface area contributed by atoms with E-state index >= 15 is 0 Å². The van der Waals surface area contributed by atoms with Crippen molar-refractivity contribution in [3.63, 3.8) is 0 Å². The Labute approximate surface area is 184 Å². The van der Waals surface area contributed by atoms with Crippen molar-refractivity contribution in [1.29, 1.82) is 0 Å². The highest BCUT2D eigenvalue weighted by atomic mass is 32.2. The molecule has 30 heavy (non-hydrogen) atoms. The van der Waals surface area contributed by atoms with Gasteiger partial charge in [0.05, 0.1) is 10.6 Å². The lowest BCUT2D eigenvalue weighted by molar-refractivity contribution is -0.116. The summed E-state index contributed by atoms with van der Waals surface area (Å²) in [4.78, 5) is 25.2. The molecule has 7 nitrogen and oxygen atoms in total. The Bertz CT molecular complexity index is 968. The number of amides is 2. The Kier molecular flexibility index (Phi) is 8.04. The van der Waals surface area contributed by atoms with E-state index in [2.05, 4.69) is 27.8 Å². The number of hydrogen-bond donors (Lipinski definition) is 2. The molecule has 2 N–H and O–H groups in total. The van der Waals surface area contributed by atoms with Gasteiger partial charge in [-0.15, -0.1) is 21.5 Å². The third-order valence-electron chi connectivity index (χ3n) is 4.32. The molecule has 0 saturated heterocycles. The minimum atomic E-state index is -0.122. The lowest BCUT2D eigenvalue weighted by Gasteiger charge is -2.08. The molecule has 0 aliphatic rings. The number of rotatable bonds is 10. The van der Waals surface area contributed by atoms with Gasteiger partial charge < -0.3 is 15.2 Å². The van der Waals surface area contributed by atoms with E-state index in [0.29, 0.717) is 12.1 Å². The van der Waals surface area contributed by atoms with Crippen molar-refractivity contribution in [1.82, 2.24) is 14.8 Å². The molecular weight excluding hydrogens is 418 g/mol. The fourth-order valence-corrected chi connectivity index (χ4v) is 4.31. The monoisotopic (exact) mass is 443 g/mol. The molecule has 2 amide bonds. The Morgan fingerprint density at radius 3 is 2.33 bits per heavy atom. The maximum atomic E-state index is 12.3. The highest BCUT2D eigenvalue weighted by molar-refractivity contribution is 7.99. The molecule has 0 atom stereocenters. The van der Waals surface area contributed by atoms with Gasteiger partial charge in [0.15, 0.2) is 11.0 Å². The predicted octanol–water partition coefficient (Wildman–Crippen LogP) is 4.89. The molecule has 0 spiro atoms. The van der Waals surface area contributed by atoms with Crippen molar-refractivity contribution in [2.24, 2.45) is 0 Å². The first-order valence-electron chi connectivity index (χ1n) is 9.90. The molecule has 0 fully saturated rings. The van der Waals surface area contributed by atoms with Gasteiger partial charge in [0.2, 0.25) is 11.8 Å². The van der Waals surface area contributed by atoms with Crippen LogP contribution in [0.15, 0.2) is 46.9 Å². The van der Waals surface area contributed by atoms with Gasteiger partial charge in [0.1, 0.15) is 0 Å². The summed E-state index contributed by atoms with van der Waals surface area (Å²) < 4.78 is 2.01. The van der Waals surface area contributed by atoms with E-state index in [0.717, 1.165) is 40.9 Å². The molecule has 0 aliphatic carbocycles. The molecule has 3 rings (SSSR count). The molecule has 0 saturated carbocycles. The minimum Gasteiger partial charge on any atom is -0.326 e. The molecule has 2 aromatic heterocycles. The second-order valence-corrected chi connectivity index (χ2v) is 8.48. The summed E-state index contributed by atoms with van der Waals surface area (Å²) in [6, 6.07) is 11.1. The van der Waals surface area contributed by atoms with Crippen LogP contribution in [-0.4, -0.2) is 32.3 Å². The van der Waals surface area contributed by atoms with Crippen LogP contribution in [0.25, 0.3) is 10.7 Å². The Hall–Kier alpha value is -2.65. The van der Waals surface area contributed by atoms with E-state index in [-0.39, 0.29) is 17.6 Å². The number of benzene rings is 1. The average molecular weight is 444 g/mol. The normalized spacial score (nSPS) is 10.7. The van der Waals surface area contributed by atoms with E-state index in [1.54, 1.807) is 35.6 Å². The number of anilines is 2. The van der Waals surface area contributed by atoms with Crippen molar-refractivity contribution in [2.45, 2.75) is 44.8 Å². The van der Waals surface area contributed by atoms with Crippen LogP contribution >= 0.6 is 23.1 Å². The van der Waals surface area contributed by atoms with Crippen LogP contribution in [-0.2, 0) is 16.1 Å². The Balaban J connectivity index is 1.52. The smallest absolute Gasteiger partial charge is 0.234 e. The summed E-state index contributed by atoms with van der Waals surface area (Å²) in [5.74, 6) is 0.944. The molecule has 0 radical (unpaired) electrons. The first kappa shape index (κ1) is 22.0. The fourth-order valence-electron chi connectivity index (χ4n) is 2.79. The summed E-state index contributed by atoms with van der Waals surface area (Å²) in [7, 11) is 0. The highest BCUT2D eigenvalue weighted by Gasteiger charge is 2.15. The van der Waals surface area contributed by atoms with Gasteiger partial charge in [-0.05, 0) is 49.1 Å². The molecule has 0 bridgehead atoms. The standard InChI is InChI=1S/C21H25N5O2S2/c1-3-5-8-18(27)22-15-9-11-16(12-10-15)23-19(28)14-30-21-25-24-20(26(21)4-2)17-7-6-13-29-17/h6-7,9-13H,3-5,8,14H2,1-2H3,(H,22,27)(H,23,28). The lowest BCUT2D eigenvalue weighted by atomic mass is 10.2. The first-order valence-corrected chi connectivity index (χ1v) is 11.8. The molecule has 9 heteroatoms. The molecule has 3 aromatic rings. The predicted molar refractivity (Wildman–Crippen MR) is 123 cm³/mol. The van der Waals surface area contributed by atoms with E-state index in [1.807, 2.05) is 29.0 Å². The number of nitrogens with zero attached hydrogens (tertiary/aromatic N) is 3. The quantitative estimate of drug-likeness (QED) is 0.436. The Morgan fingerprint density at radius 2 is 1.73 bits per heavy atom. The van der Waals surface area contributed by atoms with Gasteiger partial charge in [-0.3, -0.25) is 9.59 Å². The second kappa shape index (κ2) is 10.9.